The summed E-state index contributed by atoms with van der Waals surface area (Å²) in [6.45, 7) is 3.68. The monoisotopic (exact) mass is 204 g/mol. The van der Waals surface area contributed by atoms with Gasteiger partial charge in [-0.15, -0.1) is 0 Å². The number of hydrogen-bond acceptors (Lipinski definition) is 3. The number of hydrogen-bond donors (Lipinski definition) is 1. The molecule has 0 radical (unpaired) electrons. The topological polar surface area (TPSA) is 55.6 Å². The Kier molecular flexibility index (Phi) is 4.29. The van der Waals surface area contributed by atoms with Crippen LogP contribution < -0.4 is 5.73 Å². The first-order chi connectivity index (χ1) is 5.81. The molecule has 0 saturated heterocycles. The Hall–Kier alpha value is -0.680. The zero-order chi connectivity index (χ0) is 10.6. The molecule has 0 rings (SSSR count). The molecule has 0 aromatic rings. The lowest BCUT2D eigenvalue weighted by molar-refractivity contribution is -0.148. The summed E-state index contributed by atoms with van der Waals surface area (Å²) >= 11 is 4.69. The van der Waals surface area contributed by atoms with Gasteiger partial charge in [0.1, 0.15) is 5.60 Å². The predicted octanol–water partition coefficient (Wildman–Crippen LogP) is 0.156. The average Bonchev–Trinajstić information content (AvgIpc) is 2.01. The van der Waals surface area contributed by atoms with E-state index in [1.54, 1.807) is 20.9 Å². The lowest BCUT2D eigenvalue weighted by Gasteiger charge is -2.27. The van der Waals surface area contributed by atoms with E-state index in [1.165, 1.54) is 12.0 Å². The van der Waals surface area contributed by atoms with Crippen LogP contribution in [-0.4, -0.2) is 42.1 Å². The van der Waals surface area contributed by atoms with E-state index in [-0.39, 0.29) is 12.5 Å². The maximum Gasteiger partial charge on any atom is 0.254 e. The van der Waals surface area contributed by atoms with Gasteiger partial charge in [-0.1, -0.05) is 12.2 Å². The Morgan fingerprint density at radius 2 is 2.08 bits per heavy atom. The molecule has 0 aliphatic rings. The molecule has 0 aliphatic heterocycles. The largest absolute Gasteiger partial charge is 0.392 e. The van der Waals surface area contributed by atoms with Gasteiger partial charge in [-0.2, -0.15) is 0 Å². The number of carbonyl (C=O) groups excluding carboxylic acids is 1. The van der Waals surface area contributed by atoms with Gasteiger partial charge in [-0.25, -0.2) is 0 Å². The quantitative estimate of drug-likeness (QED) is 0.663. The van der Waals surface area contributed by atoms with Crippen molar-refractivity contribution in [1.82, 2.24) is 4.90 Å². The minimum absolute atomic E-state index is 0.136. The number of carbonyl (C=O) groups is 1. The highest BCUT2D eigenvalue weighted by molar-refractivity contribution is 7.80. The number of nitrogens with zero attached hydrogens (tertiary/aromatic N) is 1. The maximum atomic E-state index is 11.6. The predicted molar refractivity (Wildman–Crippen MR) is 55.5 cm³/mol. The molecule has 4 nitrogen and oxygen atoms in total. The Morgan fingerprint density at radius 1 is 1.62 bits per heavy atom. The van der Waals surface area contributed by atoms with Crippen molar-refractivity contribution in [2.45, 2.75) is 19.4 Å². The third-order valence-corrected chi connectivity index (χ3v) is 1.89. The zero-order valence-corrected chi connectivity index (χ0v) is 9.27. The van der Waals surface area contributed by atoms with Crippen molar-refractivity contribution in [2.24, 2.45) is 5.73 Å². The summed E-state index contributed by atoms with van der Waals surface area (Å²) < 4.78 is 5.03. The first kappa shape index (κ1) is 12.3. The van der Waals surface area contributed by atoms with Gasteiger partial charge in [-0.05, 0) is 13.8 Å². The molecule has 0 unspecified atom stereocenters. The third kappa shape index (κ3) is 3.69. The summed E-state index contributed by atoms with van der Waals surface area (Å²) in [5, 5.41) is 0. The first-order valence-electron chi connectivity index (χ1n) is 3.90. The van der Waals surface area contributed by atoms with Crippen LogP contribution in [0, 0.1) is 0 Å². The van der Waals surface area contributed by atoms with E-state index in [1.807, 2.05) is 0 Å². The van der Waals surface area contributed by atoms with E-state index in [0.717, 1.165) is 0 Å². The molecule has 0 spiro atoms. The Labute approximate surface area is 84.0 Å². The SMILES string of the molecule is COC(C)(C)C(=O)N(C)CC(N)=S. The molecular formula is C8H16N2O2S. The van der Waals surface area contributed by atoms with E-state index in [0.29, 0.717) is 4.99 Å². The molecule has 0 atom stereocenters. The van der Waals surface area contributed by atoms with Crippen molar-refractivity contribution in [3.63, 3.8) is 0 Å². The van der Waals surface area contributed by atoms with E-state index >= 15 is 0 Å². The third-order valence-electron chi connectivity index (χ3n) is 1.77. The van der Waals surface area contributed by atoms with Gasteiger partial charge >= 0.3 is 0 Å². The van der Waals surface area contributed by atoms with Crippen LogP contribution in [0.2, 0.25) is 0 Å². The van der Waals surface area contributed by atoms with Crippen molar-refractivity contribution in [3.05, 3.63) is 0 Å². The first-order valence-corrected chi connectivity index (χ1v) is 4.31. The highest BCUT2D eigenvalue weighted by Crippen LogP contribution is 2.10. The fourth-order valence-corrected chi connectivity index (χ4v) is 1.05. The number of rotatable bonds is 4. The van der Waals surface area contributed by atoms with E-state index in [9.17, 15) is 4.79 Å². The maximum absolute atomic E-state index is 11.6. The van der Waals surface area contributed by atoms with Crippen molar-refractivity contribution >= 4 is 23.1 Å². The minimum Gasteiger partial charge on any atom is -0.392 e. The minimum atomic E-state index is -0.820. The van der Waals surface area contributed by atoms with E-state index < -0.39 is 5.60 Å². The summed E-state index contributed by atoms with van der Waals surface area (Å²) in [6.07, 6.45) is 0. The van der Waals surface area contributed by atoms with Gasteiger partial charge in [0.05, 0.1) is 11.5 Å². The number of thiocarbonyl (C=S) groups is 1. The molecule has 0 aliphatic carbocycles. The van der Waals surface area contributed by atoms with Crippen LogP contribution in [0.15, 0.2) is 0 Å². The highest BCUT2D eigenvalue weighted by Gasteiger charge is 2.29. The number of likely N-dealkylation sites (N-methyl/N-ethyl adjacent to an activating group) is 1. The van der Waals surface area contributed by atoms with Crippen LogP contribution >= 0.6 is 12.2 Å². The zero-order valence-electron chi connectivity index (χ0n) is 8.46. The Bertz CT molecular complexity index is 216. The molecule has 0 aromatic heterocycles. The van der Waals surface area contributed by atoms with Gasteiger partial charge in [0.25, 0.3) is 5.91 Å². The molecule has 0 saturated carbocycles. The summed E-state index contributed by atoms with van der Waals surface area (Å²) in [6, 6.07) is 0. The number of nitrogens with two attached hydrogens (primary N) is 1. The molecule has 0 fully saturated rings. The number of methoxy groups -OCH3 is 1. The van der Waals surface area contributed by atoms with Crippen molar-refractivity contribution in [2.75, 3.05) is 20.7 Å². The smallest absolute Gasteiger partial charge is 0.254 e. The van der Waals surface area contributed by atoms with Crippen LogP contribution in [0.3, 0.4) is 0 Å². The standard InChI is InChI=1S/C8H16N2O2S/c1-8(2,12-4)7(11)10(3)5-6(9)13/h5H2,1-4H3,(H2,9,13). The highest BCUT2D eigenvalue weighted by atomic mass is 32.1. The lowest BCUT2D eigenvalue weighted by Crippen LogP contribution is -2.47. The summed E-state index contributed by atoms with van der Waals surface area (Å²) in [5.74, 6) is -0.136. The second kappa shape index (κ2) is 4.53. The second-order valence-electron chi connectivity index (χ2n) is 3.34. The molecule has 5 heteroatoms. The molecule has 1 amide bonds. The normalized spacial score (nSPS) is 11.1. The summed E-state index contributed by atoms with van der Waals surface area (Å²) in [5.41, 5.74) is 4.49. The van der Waals surface area contributed by atoms with Crippen molar-refractivity contribution in [1.29, 1.82) is 0 Å². The van der Waals surface area contributed by atoms with Gasteiger partial charge in [-0.3, -0.25) is 4.79 Å². The van der Waals surface area contributed by atoms with E-state index in [2.05, 4.69) is 0 Å². The fraction of sp³-hybridized carbons (Fsp3) is 0.750. The number of amides is 1. The van der Waals surface area contributed by atoms with Crippen LogP contribution in [-0.2, 0) is 9.53 Å². The molecule has 76 valence electrons. The molecule has 2 N–H and O–H groups in total. The van der Waals surface area contributed by atoms with Crippen LogP contribution in [0.5, 0.6) is 0 Å². The van der Waals surface area contributed by atoms with Crippen molar-refractivity contribution in [3.8, 4) is 0 Å². The summed E-state index contributed by atoms with van der Waals surface area (Å²) in [7, 11) is 3.13. The second-order valence-corrected chi connectivity index (χ2v) is 3.87. The lowest BCUT2D eigenvalue weighted by atomic mass is 10.1. The fourth-order valence-electron chi connectivity index (χ4n) is 0.853. The Morgan fingerprint density at radius 3 is 2.38 bits per heavy atom. The van der Waals surface area contributed by atoms with Gasteiger partial charge < -0.3 is 15.4 Å². The summed E-state index contributed by atoms with van der Waals surface area (Å²) in [4.78, 5) is 13.4. The molecule has 0 bridgehead atoms. The van der Waals surface area contributed by atoms with Gasteiger partial charge in [0, 0.05) is 14.2 Å². The van der Waals surface area contributed by atoms with E-state index in [4.69, 9.17) is 22.7 Å². The Balaban J connectivity index is 4.34. The molecule has 13 heavy (non-hydrogen) atoms. The van der Waals surface area contributed by atoms with Crippen molar-refractivity contribution < 1.29 is 9.53 Å². The average molecular weight is 204 g/mol. The number of ether oxygens (including phenoxy) is 1. The van der Waals surface area contributed by atoms with Crippen LogP contribution in [0.25, 0.3) is 0 Å². The van der Waals surface area contributed by atoms with Crippen LogP contribution in [0.4, 0.5) is 0 Å². The van der Waals surface area contributed by atoms with Gasteiger partial charge in [0.15, 0.2) is 0 Å². The van der Waals surface area contributed by atoms with Crippen LogP contribution in [0.1, 0.15) is 13.8 Å². The molecule has 0 heterocycles. The molecular weight excluding hydrogens is 188 g/mol. The van der Waals surface area contributed by atoms with Gasteiger partial charge in [0.2, 0.25) is 0 Å². The molecule has 0 aromatic carbocycles.